The molecule has 20 heavy (non-hydrogen) atoms. The molecule has 0 fully saturated rings. The summed E-state index contributed by atoms with van der Waals surface area (Å²) >= 11 is 1.46. The van der Waals surface area contributed by atoms with Crippen LogP contribution in [0.15, 0.2) is 40.6 Å². The van der Waals surface area contributed by atoms with Crippen LogP contribution in [0, 0.1) is 0 Å². The van der Waals surface area contributed by atoms with Crippen molar-refractivity contribution in [2.75, 3.05) is 0 Å². The van der Waals surface area contributed by atoms with Gasteiger partial charge in [0, 0.05) is 17.8 Å². The van der Waals surface area contributed by atoms with E-state index in [9.17, 15) is 4.79 Å². The lowest BCUT2D eigenvalue weighted by Gasteiger charge is -2.01. The molecule has 3 heterocycles. The van der Waals surface area contributed by atoms with Crippen LogP contribution in [0.1, 0.15) is 11.5 Å². The van der Waals surface area contributed by atoms with Gasteiger partial charge in [-0.05, 0) is 12.1 Å². The number of nitrogens with one attached hydrogen (secondary N) is 2. The fourth-order valence-corrected chi connectivity index (χ4v) is 2.49. The van der Waals surface area contributed by atoms with Crippen LogP contribution in [0.5, 0.6) is 0 Å². The second-order valence-corrected chi connectivity index (χ2v) is 4.97. The largest absolute Gasteiger partial charge is 0.462 e. The zero-order chi connectivity index (χ0) is 13.8. The number of imidazole rings is 1. The van der Waals surface area contributed by atoms with Crippen LogP contribution in [-0.2, 0) is 17.8 Å². The molecule has 0 aliphatic heterocycles. The number of carbonyl (C=O) groups excluding carboxylic acids is 1. The number of aromatic amines is 1. The summed E-state index contributed by atoms with van der Waals surface area (Å²) in [6.07, 6.45) is 5.22. The van der Waals surface area contributed by atoms with Crippen molar-refractivity contribution < 1.29 is 9.21 Å². The Morgan fingerprint density at radius 2 is 2.45 bits per heavy atom. The maximum Gasteiger partial charge on any atom is 0.226 e. The predicted molar refractivity (Wildman–Crippen MR) is 74.0 cm³/mol. The van der Waals surface area contributed by atoms with Gasteiger partial charge in [-0.2, -0.15) is 0 Å². The minimum absolute atomic E-state index is 0.0855. The molecule has 0 aliphatic rings. The number of amides is 1. The first-order valence-corrected chi connectivity index (χ1v) is 6.92. The van der Waals surface area contributed by atoms with Gasteiger partial charge in [0.15, 0.2) is 10.8 Å². The smallest absolute Gasteiger partial charge is 0.226 e. The number of hydrogen-bond acceptors (Lipinski definition) is 5. The van der Waals surface area contributed by atoms with E-state index in [1.165, 1.54) is 11.3 Å². The summed E-state index contributed by atoms with van der Waals surface area (Å²) in [5, 5.41) is 5.43. The molecular formula is C13H12N4O2S. The molecule has 0 bridgehead atoms. The van der Waals surface area contributed by atoms with Gasteiger partial charge in [-0.15, -0.1) is 11.3 Å². The molecule has 1 amide bonds. The van der Waals surface area contributed by atoms with Crippen molar-refractivity contribution in [2.45, 2.75) is 13.0 Å². The lowest BCUT2D eigenvalue weighted by atomic mass is 10.3. The molecule has 0 aromatic carbocycles. The van der Waals surface area contributed by atoms with E-state index in [0.29, 0.717) is 6.54 Å². The van der Waals surface area contributed by atoms with E-state index in [4.69, 9.17) is 4.42 Å². The first-order valence-electron chi connectivity index (χ1n) is 6.04. The van der Waals surface area contributed by atoms with Gasteiger partial charge in [0.2, 0.25) is 5.91 Å². The number of hydrogen-bond donors (Lipinski definition) is 2. The molecule has 0 radical (unpaired) electrons. The molecule has 3 rings (SSSR count). The van der Waals surface area contributed by atoms with Crippen molar-refractivity contribution in [3.63, 3.8) is 0 Å². The van der Waals surface area contributed by atoms with E-state index < -0.39 is 0 Å². The van der Waals surface area contributed by atoms with E-state index in [2.05, 4.69) is 20.3 Å². The van der Waals surface area contributed by atoms with Gasteiger partial charge in [-0.25, -0.2) is 9.97 Å². The standard InChI is InChI=1S/C13H12N4O2S/c18-12(16-7-11-14-3-4-15-11)6-9-8-20-13(17-9)10-2-1-5-19-10/h1-5,8H,6-7H2,(H,14,15)(H,16,18). The number of nitrogens with zero attached hydrogens (tertiary/aromatic N) is 2. The quantitative estimate of drug-likeness (QED) is 0.752. The van der Waals surface area contributed by atoms with E-state index in [1.807, 2.05) is 17.5 Å². The first kappa shape index (κ1) is 12.6. The average molecular weight is 288 g/mol. The van der Waals surface area contributed by atoms with Gasteiger partial charge in [-0.1, -0.05) is 0 Å². The maximum atomic E-state index is 11.8. The van der Waals surface area contributed by atoms with E-state index in [-0.39, 0.29) is 12.3 Å². The topological polar surface area (TPSA) is 83.8 Å². The number of H-pyrrole nitrogens is 1. The second-order valence-electron chi connectivity index (χ2n) is 4.11. The Kier molecular flexibility index (Phi) is 3.60. The summed E-state index contributed by atoms with van der Waals surface area (Å²) in [6.45, 7) is 0.390. The van der Waals surface area contributed by atoms with E-state index in [1.54, 1.807) is 18.7 Å². The highest BCUT2D eigenvalue weighted by molar-refractivity contribution is 7.13. The van der Waals surface area contributed by atoms with Gasteiger partial charge in [0.1, 0.15) is 5.82 Å². The summed E-state index contributed by atoms with van der Waals surface area (Å²) in [5.74, 6) is 1.36. The van der Waals surface area contributed by atoms with Crippen LogP contribution >= 0.6 is 11.3 Å². The minimum atomic E-state index is -0.0855. The first-order chi connectivity index (χ1) is 9.81. The third-order valence-corrected chi connectivity index (χ3v) is 3.54. The van der Waals surface area contributed by atoms with Crippen LogP contribution in [0.2, 0.25) is 0 Å². The maximum absolute atomic E-state index is 11.8. The molecule has 0 saturated heterocycles. The van der Waals surface area contributed by atoms with Gasteiger partial charge >= 0.3 is 0 Å². The van der Waals surface area contributed by atoms with Crippen LogP contribution in [0.3, 0.4) is 0 Å². The van der Waals surface area contributed by atoms with Crippen molar-refractivity contribution in [3.8, 4) is 10.8 Å². The SMILES string of the molecule is O=C(Cc1csc(-c2ccco2)n1)NCc1ncc[nH]1. The van der Waals surface area contributed by atoms with Crippen molar-refractivity contribution in [1.82, 2.24) is 20.3 Å². The minimum Gasteiger partial charge on any atom is -0.462 e. The van der Waals surface area contributed by atoms with Gasteiger partial charge in [0.25, 0.3) is 0 Å². The van der Waals surface area contributed by atoms with Gasteiger partial charge in [0.05, 0.1) is 24.9 Å². The number of carbonyl (C=O) groups is 1. The summed E-state index contributed by atoms with van der Waals surface area (Å²) in [7, 11) is 0. The zero-order valence-electron chi connectivity index (χ0n) is 10.5. The molecule has 0 atom stereocenters. The van der Waals surface area contributed by atoms with Crippen LogP contribution in [-0.4, -0.2) is 20.9 Å². The molecule has 0 unspecified atom stereocenters. The number of thiazole rings is 1. The second kappa shape index (κ2) is 5.70. The molecule has 0 aliphatic carbocycles. The molecule has 102 valence electrons. The average Bonchev–Trinajstić information content (AvgIpc) is 3.18. The van der Waals surface area contributed by atoms with Crippen LogP contribution in [0.4, 0.5) is 0 Å². The van der Waals surface area contributed by atoms with E-state index in [0.717, 1.165) is 22.3 Å². The molecule has 3 aromatic rings. The molecule has 6 nitrogen and oxygen atoms in total. The molecule has 0 saturated carbocycles. The van der Waals surface area contributed by atoms with Crippen molar-refractivity contribution >= 4 is 17.2 Å². The van der Waals surface area contributed by atoms with Gasteiger partial charge < -0.3 is 14.7 Å². The Hall–Kier alpha value is -2.41. The Balaban J connectivity index is 1.56. The fraction of sp³-hybridized carbons (Fsp3) is 0.154. The summed E-state index contributed by atoms with van der Waals surface area (Å²) in [4.78, 5) is 23.1. The number of furan rings is 1. The third kappa shape index (κ3) is 2.94. The van der Waals surface area contributed by atoms with Crippen LogP contribution in [0.25, 0.3) is 10.8 Å². The van der Waals surface area contributed by atoms with E-state index >= 15 is 0 Å². The van der Waals surface area contributed by atoms with Crippen molar-refractivity contribution in [1.29, 1.82) is 0 Å². The fourth-order valence-electron chi connectivity index (χ4n) is 1.71. The van der Waals surface area contributed by atoms with Gasteiger partial charge in [-0.3, -0.25) is 4.79 Å². The van der Waals surface area contributed by atoms with Crippen LogP contribution < -0.4 is 5.32 Å². The zero-order valence-corrected chi connectivity index (χ0v) is 11.3. The van der Waals surface area contributed by atoms with Crippen molar-refractivity contribution in [2.24, 2.45) is 0 Å². The summed E-state index contributed by atoms with van der Waals surface area (Å²) in [5.41, 5.74) is 0.735. The highest BCUT2D eigenvalue weighted by Gasteiger charge is 2.10. The number of aromatic nitrogens is 3. The normalized spacial score (nSPS) is 10.6. The Bertz CT molecular complexity index is 673. The Morgan fingerprint density at radius 1 is 1.50 bits per heavy atom. The summed E-state index contributed by atoms with van der Waals surface area (Å²) in [6, 6.07) is 3.66. The molecule has 7 heteroatoms. The third-order valence-electron chi connectivity index (χ3n) is 2.63. The Labute approximate surface area is 118 Å². The predicted octanol–water partition coefficient (Wildman–Crippen LogP) is 1.99. The lowest BCUT2D eigenvalue weighted by molar-refractivity contribution is -0.120. The molecular weight excluding hydrogens is 276 g/mol. The summed E-state index contributed by atoms with van der Waals surface area (Å²) < 4.78 is 5.27. The highest BCUT2D eigenvalue weighted by atomic mass is 32.1. The van der Waals surface area contributed by atoms with Crippen molar-refractivity contribution in [3.05, 3.63) is 47.7 Å². The monoisotopic (exact) mass is 288 g/mol. The lowest BCUT2D eigenvalue weighted by Crippen LogP contribution is -2.25. The number of rotatable bonds is 5. The molecule has 2 N–H and O–H groups in total. The Morgan fingerprint density at radius 3 is 3.20 bits per heavy atom. The molecule has 0 spiro atoms. The molecule has 3 aromatic heterocycles. The highest BCUT2D eigenvalue weighted by Crippen LogP contribution is 2.23.